The van der Waals surface area contributed by atoms with E-state index in [1.807, 2.05) is 18.2 Å². The molecule has 1 aromatic rings. The van der Waals surface area contributed by atoms with E-state index >= 15 is 0 Å². The first-order chi connectivity index (χ1) is 7.77. The third kappa shape index (κ3) is 3.90. The highest BCUT2D eigenvalue weighted by atomic mass is 15.3. The minimum atomic E-state index is 0.188. The van der Waals surface area contributed by atoms with Crippen LogP contribution in [0, 0.1) is 0 Å². The summed E-state index contributed by atoms with van der Waals surface area (Å²) in [5.41, 5.74) is 3.79. The molecule has 1 unspecified atom stereocenters. The number of benzene rings is 1. The first-order valence-corrected chi connectivity index (χ1v) is 5.60. The molecule has 16 heavy (non-hydrogen) atoms. The molecule has 88 valence electrons. The van der Waals surface area contributed by atoms with Crippen LogP contribution in [0.2, 0.25) is 0 Å². The Balaban J connectivity index is 2.59. The van der Waals surface area contributed by atoms with Gasteiger partial charge < -0.3 is 5.32 Å². The molecular formula is C12H20N4. The Kier molecular flexibility index (Phi) is 5.36. The van der Waals surface area contributed by atoms with Gasteiger partial charge >= 0.3 is 0 Å². The predicted molar refractivity (Wildman–Crippen MR) is 67.9 cm³/mol. The predicted octanol–water partition coefficient (Wildman–Crippen LogP) is 1.57. The Morgan fingerprint density at radius 2 is 2.06 bits per heavy atom. The number of rotatable bonds is 4. The van der Waals surface area contributed by atoms with Gasteiger partial charge in [-0.05, 0) is 18.9 Å². The molecule has 4 nitrogen and oxygen atoms in total. The number of hydrogen-bond donors (Lipinski definition) is 3. The minimum absolute atomic E-state index is 0.188. The molecule has 0 bridgehead atoms. The van der Waals surface area contributed by atoms with E-state index in [0.717, 1.165) is 13.0 Å². The molecule has 1 rings (SSSR count). The molecule has 0 aliphatic rings. The highest BCUT2D eigenvalue weighted by molar-refractivity contribution is 5.79. The molecule has 4 heteroatoms. The van der Waals surface area contributed by atoms with Crippen LogP contribution in [-0.2, 0) is 0 Å². The van der Waals surface area contributed by atoms with Gasteiger partial charge in [0, 0.05) is 6.54 Å². The van der Waals surface area contributed by atoms with Crippen molar-refractivity contribution in [2.75, 3.05) is 6.54 Å². The van der Waals surface area contributed by atoms with Crippen LogP contribution in [0.3, 0.4) is 0 Å². The molecule has 0 aliphatic heterocycles. The molecular weight excluding hydrogens is 200 g/mol. The molecule has 4 N–H and O–H groups in total. The van der Waals surface area contributed by atoms with Crippen molar-refractivity contribution in [3.8, 4) is 0 Å². The van der Waals surface area contributed by atoms with Crippen LogP contribution in [0.4, 0.5) is 0 Å². The number of hydrogen-bond acceptors (Lipinski definition) is 2. The van der Waals surface area contributed by atoms with Crippen LogP contribution in [0.25, 0.3) is 0 Å². The Labute approximate surface area is 96.9 Å². The fourth-order valence-electron chi connectivity index (χ4n) is 1.39. The van der Waals surface area contributed by atoms with E-state index in [2.05, 4.69) is 41.7 Å². The van der Waals surface area contributed by atoms with Gasteiger partial charge in [-0.15, -0.1) is 0 Å². The van der Waals surface area contributed by atoms with Crippen LogP contribution in [0.1, 0.15) is 31.9 Å². The fourth-order valence-corrected chi connectivity index (χ4v) is 1.39. The van der Waals surface area contributed by atoms with E-state index in [1.54, 1.807) is 0 Å². The van der Waals surface area contributed by atoms with Gasteiger partial charge in [0.25, 0.3) is 0 Å². The third-order valence-electron chi connectivity index (χ3n) is 2.28. The minimum Gasteiger partial charge on any atom is -0.349 e. The van der Waals surface area contributed by atoms with Gasteiger partial charge in [0.2, 0.25) is 5.96 Å². The number of guanidine groups is 1. The maximum atomic E-state index is 5.40. The molecule has 0 radical (unpaired) electrons. The first-order valence-electron chi connectivity index (χ1n) is 5.60. The second-order valence-electron chi connectivity index (χ2n) is 3.65. The van der Waals surface area contributed by atoms with E-state index in [1.165, 1.54) is 5.56 Å². The molecule has 0 amide bonds. The van der Waals surface area contributed by atoms with Crippen molar-refractivity contribution in [1.82, 2.24) is 10.7 Å². The van der Waals surface area contributed by atoms with Crippen molar-refractivity contribution >= 4 is 5.96 Å². The zero-order valence-corrected chi connectivity index (χ0v) is 9.90. The van der Waals surface area contributed by atoms with Crippen LogP contribution in [0.15, 0.2) is 35.3 Å². The van der Waals surface area contributed by atoms with Crippen molar-refractivity contribution in [2.24, 2.45) is 10.8 Å². The number of nitrogens with zero attached hydrogens (tertiary/aromatic N) is 1. The van der Waals surface area contributed by atoms with Crippen LogP contribution < -0.4 is 16.6 Å². The second kappa shape index (κ2) is 6.85. The van der Waals surface area contributed by atoms with E-state index < -0.39 is 0 Å². The van der Waals surface area contributed by atoms with Gasteiger partial charge in [0.1, 0.15) is 0 Å². The number of nitrogens with two attached hydrogens (primary N) is 1. The van der Waals surface area contributed by atoms with E-state index in [0.29, 0.717) is 5.96 Å². The van der Waals surface area contributed by atoms with Crippen LogP contribution >= 0.6 is 0 Å². The maximum absolute atomic E-state index is 5.40. The second-order valence-corrected chi connectivity index (χ2v) is 3.65. The lowest BCUT2D eigenvalue weighted by molar-refractivity contribution is 0.687. The zero-order valence-electron chi connectivity index (χ0n) is 9.90. The lowest BCUT2D eigenvalue weighted by Gasteiger charge is -2.16. The molecule has 0 saturated heterocycles. The summed E-state index contributed by atoms with van der Waals surface area (Å²) in [6, 6.07) is 10.4. The molecule has 0 aliphatic carbocycles. The summed E-state index contributed by atoms with van der Waals surface area (Å²) < 4.78 is 0. The number of nitrogens with one attached hydrogen (secondary N) is 2. The lowest BCUT2D eigenvalue weighted by atomic mass is 10.1. The van der Waals surface area contributed by atoms with E-state index in [9.17, 15) is 0 Å². The fraction of sp³-hybridized carbons (Fsp3) is 0.417. The van der Waals surface area contributed by atoms with Gasteiger partial charge in [-0.1, -0.05) is 37.3 Å². The Hall–Kier alpha value is -1.55. The summed E-state index contributed by atoms with van der Waals surface area (Å²) in [4.78, 5) is 4.30. The Morgan fingerprint density at radius 3 is 2.62 bits per heavy atom. The highest BCUT2D eigenvalue weighted by Crippen LogP contribution is 2.10. The molecule has 0 heterocycles. The van der Waals surface area contributed by atoms with Crippen molar-refractivity contribution in [3.63, 3.8) is 0 Å². The van der Waals surface area contributed by atoms with Gasteiger partial charge in [0.15, 0.2) is 0 Å². The van der Waals surface area contributed by atoms with Crippen molar-refractivity contribution < 1.29 is 0 Å². The highest BCUT2D eigenvalue weighted by Gasteiger charge is 2.05. The van der Waals surface area contributed by atoms with Crippen molar-refractivity contribution in [3.05, 3.63) is 35.9 Å². The summed E-state index contributed by atoms with van der Waals surface area (Å²) in [6.07, 6.45) is 1.01. The van der Waals surface area contributed by atoms with Gasteiger partial charge in [-0.2, -0.15) is 0 Å². The summed E-state index contributed by atoms with van der Waals surface area (Å²) in [6.45, 7) is 4.93. The SMILES string of the molecule is CCCN=C(NN)NC(C)c1ccccc1. The molecule has 1 atom stereocenters. The molecule has 0 saturated carbocycles. The van der Waals surface area contributed by atoms with Crippen molar-refractivity contribution in [2.45, 2.75) is 26.3 Å². The number of aliphatic imine (C=N–C) groups is 1. The summed E-state index contributed by atoms with van der Waals surface area (Å²) in [5, 5.41) is 3.23. The topological polar surface area (TPSA) is 62.4 Å². The van der Waals surface area contributed by atoms with Crippen LogP contribution in [-0.4, -0.2) is 12.5 Å². The normalized spacial score (nSPS) is 13.3. The Bertz CT molecular complexity index is 321. The smallest absolute Gasteiger partial charge is 0.206 e. The first kappa shape index (κ1) is 12.5. The van der Waals surface area contributed by atoms with Gasteiger partial charge in [0.05, 0.1) is 6.04 Å². The van der Waals surface area contributed by atoms with E-state index in [-0.39, 0.29) is 6.04 Å². The van der Waals surface area contributed by atoms with Crippen molar-refractivity contribution in [1.29, 1.82) is 0 Å². The van der Waals surface area contributed by atoms with Gasteiger partial charge in [-0.25, -0.2) is 5.84 Å². The third-order valence-corrected chi connectivity index (χ3v) is 2.28. The molecule has 0 spiro atoms. The lowest BCUT2D eigenvalue weighted by Crippen LogP contribution is -2.42. The molecule has 1 aromatic carbocycles. The quantitative estimate of drug-likeness (QED) is 0.312. The molecule has 0 aromatic heterocycles. The average Bonchev–Trinajstić information content (AvgIpc) is 2.35. The summed E-state index contributed by atoms with van der Waals surface area (Å²) >= 11 is 0. The summed E-state index contributed by atoms with van der Waals surface area (Å²) in [7, 11) is 0. The molecule has 0 fully saturated rings. The van der Waals surface area contributed by atoms with Crippen LogP contribution in [0.5, 0.6) is 0 Å². The average molecular weight is 220 g/mol. The largest absolute Gasteiger partial charge is 0.349 e. The van der Waals surface area contributed by atoms with Gasteiger partial charge in [-0.3, -0.25) is 10.4 Å². The zero-order chi connectivity index (χ0) is 11.8. The monoisotopic (exact) mass is 220 g/mol. The standard InChI is InChI=1S/C12H20N4/c1-3-9-14-12(16-13)15-10(2)11-7-5-4-6-8-11/h4-8,10H,3,9,13H2,1-2H3,(H2,14,15,16). The maximum Gasteiger partial charge on any atom is 0.206 e. The Morgan fingerprint density at radius 1 is 1.38 bits per heavy atom. The summed E-state index contributed by atoms with van der Waals surface area (Å²) in [5.74, 6) is 6.03. The van der Waals surface area contributed by atoms with E-state index in [4.69, 9.17) is 5.84 Å². The number of hydrazine groups is 1.